The first-order valence-electron chi connectivity index (χ1n) is 9.47. The lowest BCUT2D eigenvalue weighted by Crippen LogP contribution is -2.32. The van der Waals surface area contributed by atoms with Crippen LogP contribution in [-0.2, 0) is 12.8 Å². The summed E-state index contributed by atoms with van der Waals surface area (Å²) in [5.74, 6) is 0.839. The normalized spacial score (nSPS) is 20.5. The molecule has 1 saturated heterocycles. The SMILES string of the molecule is CC(C)N1CCC[C@H]1c1nc2c3c(sc2c(=O)[nH]1)-c1cn[nH]c1CCC3. The van der Waals surface area contributed by atoms with E-state index in [1.165, 1.54) is 16.1 Å². The van der Waals surface area contributed by atoms with Gasteiger partial charge in [-0.15, -0.1) is 11.3 Å². The third kappa shape index (κ3) is 2.37. The molecule has 0 amide bonds. The molecule has 0 unspecified atom stereocenters. The van der Waals surface area contributed by atoms with Gasteiger partial charge in [0.1, 0.15) is 10.5 Å². The highest BCUT2D eigenvalue weighted by atomic mass is 32.1. The summed E-state index contributed by atoms with van der Waals surface area (Å²) in [4.78, 5) is 24.6. The number of hydrogen-bond acceptors (Lipinski definition) is 5. The molecule has 0 radical (unpaired) electrons. The number of thiophene rings is 1. The van der Waals surface area contributed by atoms with Crippen molar-refractivity contribution in [3.63, 3.8) is 0 Å². The van der Waals surface area contributed by atoms with E-state index in [1.807, 2.05) is 6.20 Å². The quantitative estimate of drug-likeness (QED) is 0.726. The minimum absolute atomic E-state index is 0.00345. The second kappa shape index (κ2) is 6.03. The highest BCUT2D eigenvalue weighted by molar-refractivity contribution is 7.22. The van der Waals surface area contributed by atoms with Crippen molar-refractivity contribution >= 4 is 21.6 Å². The standard InChI is InChI=1S/C19H23N5OS/c1-10(2)24-8-4-7-14(24)18-21-15-11-5-3-6-13-12(9-20-23-13)16(11)26-17(15)19(25)22-18/h9-10,14H,3-8H2,1-2H3,(H,20,23)(H,21,22,25)/t14-/m0/s1. The van der Waals surface area contributed by atoms with E-state index in [-0.39, 0.29) is 11.6 Å². The number of nitrogens with zero attached hydrogens (tertiary/aromatic N) is 3. The Kier molecular flexibility index (Phi) is 3.76. The zero-order valence-corrected chi connectivity index (χ0v) is 15.9. The summed E-state index contributed by atoms with van der Waals surface area (Å²) in [6, 6.07) is 0.675. The van der Waals surface area contributed by atoms with Crippen LogP contribution in [0.25, 0.3) is 20.7 Å². The third-order valence-electron chi connectivity index (χ3n) is 5.75. The van der Waals surface area contributed by atoms with Gasteiger partial charge in [-0.1, -0.05) is 0 Å². The van der Waals surface area contributed by atoms with Crippen LogP contribution in [0.4, 0.5) is 0 Å². The van der Waals surface area contributed by atoms with E-state index in [9.17, 15) is 4.79 Å². The van der Waals surface area contributed by atoms with E-state index in [4.69, 9.17) is 4.98 Å². The molecular formula is C19H23N5OS. The highest BCUT2D eigenvalue weighted by Crippen LogP contribution is 2.41. The monoisotopic (exact) mass is 369 g/mol. The Morgan fingerprint density at radius 2 is 2.19 bits per heavy atom. The van der Waals surface area contributed by atoms with E-state index in [1.54, 1.807) is 11.3 Å². The van der Waals surface area contributed by atoms with Crippen LogP contribution in [0.3, 0.4) is 0 Å². The molecule has 1 aliphatic heterocycles. The number of fused-ring (bicyclic) bond motifs is 5. The molecule has 2 aliphatic rings. The van der Waals surface area contributed by atoms with Gasteiger partial charge in [-0.05, 0) is 58.1 Å². The summed E-state index contributed by atoms with van der Waals surface area (Å²) in [5, 5.41) is 7.33. The molecule has 0 spiro atoms. The fraction of sp³-hybridized carbons (Fsp3) is 0.526. The lowest BCUT2D eigenvalue weighted by molar-refractivity contribution is 0.198. The number of H-pyrrole nitrogens is 2. The van der Waals surface area contributed by atoms with Crippen molar-refractivity contribution < 1.29 is 0 Å². The predicted molar refractivity (Wildman–Crippen MR) is 104 cm³/mol. The number of aromatic nitrogens is 4. The molecule has 7 heteroatoms. The van der Waals surface area contributed by atoms with Crippen LogP contribution in [0, 0.1) is 0 Å². The summed E-state index contributed by atoms with van der Waals surface area (Å²) < 4.78 is 0.752. The van der Waals surface area contributed by atoms with Crippen LogP contribution in [0.2, 0.25) is 0 Å². The van der Waals surface area contributed by atoms with Gasteiger partial charge in [-0.3, -0.25) is 14.8 Å². The molecule has 0 bridgehead atoms. The molecule has 5 rings (SSSR count). The minimum atomic E-state index is 0.00345. The van der Waals surface area contributed by atoms with Crippen molar-refractivity contribution in [2.45, 2.75) is 58.0 Å². The lowest BCUT2D eigenvalue weighted by Gasteiger charge is -2.27. The zero-order valence-electron chi connectivity index (χ0n) is 15.1. The van der Waals surface area contributed by atoms with Crippen molar-refractivity contribution in [1.82, 2.24) is 25.1 Å². The van der Waals surface area contributed by atoms with E-state index < -0.39 is 0 Å². The maximum atomic E-state index is 12.9. The molecular weight excluding hydrogens is 346 g/mol. The van der Waals surface area contributed by atoms with Gasteiger partial charge in [0.2, 0.25) is 0 Å². The largest absolute Gasteiger partial charge is 0.308 e. The van der Waals surface area contributed by atoms with Crippen LogP contribution in [-0.4, -0.2) is 37.7 Å². The molecule has 3 aromatic heterocycles. The van der Waals surface area contributed by atoms with Gasteiger partial charge in [0.05, 0.1) is 17.8 Å². The predicted octanol–water partition coefficient (Wildman–Crippen LogP) is 3.41. The Hall–Kier alpha value is -1.99. The van der Waals surface area contributed by atoms with E-state index in [2.05, 4.69) is 33.9 Å². The molecule has 6 nitrogen and oxygen atoms in total. The van der Waals surface area contributed by atoms with Gasteiger partial charge >= 0.3 is 0 Å². The highest BCUT2D eigenvalue weighted by Gasteiger charge is 2.31. The molecule has 0 aromatic carbocycles. The summed E-state index contributed by atoms with van der Waals surface area (Å²) in [6.07, 6.45) is 7.13. The molecule has 1 aliphatic carbocycles. The number of aromatic amines is 2. The van der Waals surface area contributed by atoms with Crippen molar-refractivity contribution in [1.29, 1.82) is 0 Å². The molecule has 1 fully saturated rings. The van der Waals surface area contributed by atoms with Gasteiger partial charge in [0.25, 0.3) is 5.56 Å². The molecule has 1 atom stereocenters. The van der Waals surface area contributed by atoms with Gasteiger partial charge in [-0.2, -0.15) is 5.10 Å². The Labute approximate surface area is 155 Å². The van der Waals surface area contributed by atoms with E-state index >= 15 is 0 Å². The summed E-state index contributed by atoms with van der Waals surface area (Å²) >= 11 is 1.57. The summed E-state index contributed by atoms with van der Waals surface area (Å²) in [7, 11) is 0. The van der Waals surface area contributed by atoms with Crippen molar-refractivity contribution in [2.24, 2.45) is 0 Å². The van der Waals surface area contributed by atoms with Crippen LogP contribution in [0.1, 0.15) is 56.2 Å². The topological polar surface area (TPSA) is 77.7 Å². The Bertz CT molecular complexity index is 1030. The fourth-order valence-corrected chi connectivity index (χ4v) is 5.72. The van der Waals surface area contributed by atoms with Gasteiger partial charge < -0.3 is 4.98 Å². The smallest absolute Gasteiger partial charge is 0.268 e. The lowest BCUT2D eigenvalue weighted by atomic mass is 10.1. The second-order valence-corrected chi connectivity index (χ2v) is 8.66. The summed E-state index contributed by atoms with van der Waals surface area (Å²) in [6.45, 7) is 5.50. The van der Waals surface area contributed by atoms with Gasteiger partial charge in [0, 0.05) is 22.2 Å². The molecule has 26 heavy (non-hydrogen) atoms. The van der Waals surface area contributed by atoms with Crippen molar-refractivity contribution in [3.05, 3.63) is 33.6 Å². The summed E-state index contributed by atoms with van der Waals surface area (Å²) in [5.41, 5.74) is 4.46. The van der Waals surface area contributed by atoms with Gasteiger partial charge in [-0.25, -0.2) is 4.98 Å². The second-order valence-electron chi connectivity index (χ2n) is 7.64. The van der Waals surface area contributed by atoms with Crippen molar-refractivity contribution in [2.75, 3.05) is 6.54 Å². The number of likely N-dealkylation sites (tertiary alicyclic amines) is 1. The molecule has 4 heterocycles. The molecule has 0 saturated carbocycles. The number of rotatable bonds is 2. The molecule has 3 aromatic rings. The van der Waals surface area contributed by atoms with Crippen LogP contribution in [0.15, 0.2) is 11.0 Å². The maximum absolute atomic E-state index is 12.9. The number of nitrogens with one attached hydrogen (secondary N) is 2. The maximum Gasteiger partial charge on any atom is 0.268 e. The Morgan fingerprint density at radius 3 is 3.04 bits per heavy atom. The Morgan fingerprint density at radius 1 is 1.31 bits per heavy atom. The minimum Gasteiger partial charge on any atom is -0.308 e. The van der Waals surface area contributed by atoms with Crippen LogP contribution in [0.5, 0.6) is 0 Å². The molecule has 2 N–H and O–H groups in total. The first kappa shape index (κ1) is 16.2. The average molecular weight is 369 g/mol. The zero-order chi connectivity index (χ0) is 17.8. The van der Waals surface area contributed by atoms with E-state index in [0.717, 1.165) is 60.3 Å². The third-order valence-corrected chi connectivity index (χ3v) is 7.00. The molecule has 136 valence electrons. The van der Waals surface area contributed by atoms with Crippen LogP contribution < -0.4 is 5.56 Å². The van der Waals surface area contributed by atoms with Gasteiger partial charge in [0.15, 0.2) is 0 Å². The van der Waals surface area contributed by atoms with E-state index in [0.29, 0.717) is 6.04 Å². The van der Waals surface area contributed by atoms with Crippen LogP contribution >= 0.6 is 11.3 Å². The number of aryl methyl sites for hydroxylation is 2. The Balaban J connectivity index is 1.69. The fourth-order valence-electron chi connectivity index (χ4n) is 4.50. The average Bonchev–Trinajstić information content (AvgIpc) is 3.32. The first-order chi connectivity index (χ1) is 12.6. The van der Waals surface area contributed by atoms with Crippen molar-refractivity contribution in [3.8, 4) is 10.4 Å². The first-order valence-corrected chi connectivity index (χ1v) is 10.3. The number of hydrogen-bond donors (Lipinski definition) is 2.